The molecule has 61 heavy (non-hydrogen) atoms. The maximum absolute atomic E-state index is 6.43. The summed E-state index contributed by atoms with van der Waals surface area (Å²) >= 11 is 18.5. The van der Waals surface area contributed by atoms with Gasteiger partial charge < -0.3 is 9.31 Å². The molecule has 0 aliphatic carbocycles. The highest BCUT2D eigenvalue weighted by Crippen LogP contribution is 2.37. The fourth-order valence-electron chi connectivity index (χ4n) is 6.12. The molecular formula is C49H42BBr2Cl2N5O2. The summed E-state index contributed by atoms with van der Waals surface area (Å²) in [5.74, 6) is 0. The quantitative estimate of drug-likeness (QED) is 0.0653. The van der Waals surface area contributed by atoms with Crippen LogP contribution in [0.5, 0.6) is 0 Å². The van der Waals surface area contributed by atoms with Gasteiger partial charge in [0, 0.05) is 52.2 Å². The summed E-state index contributed by atoms with van der Waals surface area (Å²) < 4.78 is 13.6. The first-order chi connectivity index (χ1) is 29.2. The van der Waals surface area contributed by atoms with E-state index in [4.69, 9.17) is 37.5 Å². The summed E-state index contributed by atoms with van der Waals surface area (Å²) in [7, 11) is -0.307. The van der Waals surface area contributed by atoms with Crippen molar-refractivity contribution in [2.24, 2.45) is 4.99 Å². The van der Waals surface area contributed by atoms with Crippen molar-refractivity contribution in [2.45, 2.75) is 38.9 Å². The summed E-state index contributed by atoms with van der Waals surface area (Å²) in [6.45, 7) is 15.6. The Balaban J connectivity index is 0.000000177. The number of rotatable bonds is 8. The number of aromatic nitrogens is 4. The van der Waals surface area contributed by atoms with Crippen molar-refractivity contribution < 1.29 is 9.31 Å². The monoisotopic (exact) mass is 971 g/mol. The molecule has 12 heteroatoms. The molecule has 1 fully saturated rings. The first kappa shape index (κ1) is 45.5. The smallest absolute Gasteiger partial charge is 0.399 e. The normalized spacial score (nSPS) is 13.9. The number of nitrogens with zero attached hydrogens (tertiary/aromatic N) is 5. The van der Waals surface area contributed by atoms with Crippen molar-refractivity contribution in [3.63, 3.8) is 0 Å². The molecule has 7 nitrogen and oxygen atoms in total. The number of hydrogen-bond acceptors (Lipinski definition) is 7. The maximum Gasteiger partial charge on any atom is 0.494 e. The van der Waals surface area contributed by atoms with Crippen LogP contribution in [0.3, 0.4) is 0 Å². The lowest BCUT2D eigenvalue weighted by Gasteiger charge is -2.32. The molecule has 306 valence electrons. The maximum atomic E-state index is 6.43. The number of benzene rings is 3. The topological polar surface area (TPSA) is 82.4 Å². The highest BCUT2D eigenvalue weighted by molar-refractivity contribution is 9.11. The van der Waals surface area contributed by atoms with E-state index < -0.39 is 0 Å². The van der Waals surface area contributed by atoms with E-state index in [-0.39, 0.29) is 18.3 Å². The first-order valence-electron chi connectivity index (χ1n) is 19.2. The molecule has 0 spiro atoms. The standard InChI is InChI=1S/C27H20ClN3.C17H20BNO2.C5H2Br2ClN/c1-3-19(17-29-2)20-6-10-22(11-7-20)26-15-25(28)16-27(31-26)23-12-8-21(9-13-23)24-5-4-14-30-18-24;1-16(2)17(3,4)21-18(20-16)15-9-7-13(8-10-15)14-6-5-11-19-12-14;6-4-1-3(8)2-5(7)9-4/h3-18H,1-2H2;5-12H,1-4H3;1-2H/b19-17+;;. The van der Waals surface area contributed by atoms with Crippen LogP contribution in [-0.2, 0) is 9.31 Å². The highest BCUT2D eigenvalue weighted by atomic mass is 79.9. The number of hydrogen-bond donors (Lipinski definition) is 0. The van der Waals surface area contributed by atoms with Gasteiger partial charge in [0.25, 0.3) is 0 Å². The number of pyridine rings is 4. The average molecular weight is 974 g/mol. The predicted octanol–water partition coefficient (Wildman–Crippen LogP) is 13.7. The average Bonchev–Trinajstić information content (AvgIpc) is 3.48. The zero-order valence-electron chi connectivity index (χ0n) is 34.1. The van der Waals surface area contributed by atoms with Gasteiger partial charge in [-0.05, 0) is 142 Å². The van der Waals surface area contributed by atoms with E-state index in [2.05, 4.69) is 147 Å². The summed E-state index contributed by atoms with van der Waals surface area (Å²) in [4.78, 5) is 21.0. The predicted molar refractivity (Wildman–Crippen MR) is 261 cm³/mol. The fourth-order valence-corrected chi connectivity index (χ4v) is 7.91. The van der Waals surface area contributed by atoms with E-state index in [0.717, 1.165) is 70.6 Å². The van der Waals surface area contributed by atoms with Crippen LogP contribution in [0.2, 0.25) is 10.0 Å². The van der Waals surface area contributed by atoms with Crippen molar-refractivity contribution in [3.05, 3.63) is 190 Å². The van der Waals surface area contributed by atoms with Gasteiger partial charge in [0.2, 0.25) is 0 Å². The van der Waals surface area contributed by atoms with Gasteiger partial charge in [0.05, 0.1) is 22.6 Å². The fraction of sp³-hybridized carbons (Fsp3) is 0.122. The van der Waals surface area contributed by atoms with Gasteiger partial charge in [-0.3, -0.25) is 15.0 Å². The second-order valence-corrected chi connectivity index (χ2v) is 17.3. The molecule has 0 unspecified atom stereocenters. The van der Waals surface area contributed by atoms with E-state index in [0.29, 0.717) is 10.0 Å². The van der Waals surface area contributed by atoms with Crippen molar-refractivity contribution in [3.8, 4) is 44.8 Å². The van der Waals surface area contributed by atoms with Crippen LogP contribution in [-0.4, -0.2) is 45.0 Å². The van der Waals surface area contributed by atoms with E-state index in [1.165, 1.54) is 0 Å². The Morgan fingerprint density at radius 2 is 1.07 bits per heavy atom. The molecule has 1 saturated heterocycles. The minimum absolute atomic E-state index is 0.306. The number of halogens is 4. The molecule has 7 aromatic rings. The molecule has 0 N–H and O–H groups in total. The molecular weight excluding hydrogens is 932 g/mol. The molecule has 1 aliphatic rings. The van der Waals surface area contributed by atoms with Crippen molar-refractivity contribution in [1.82, 2.24) is 19.9 Å². The van der Waals surface area contributed by atoms with Crippen LogP contribution in [0.1, 0.15) is 33.3 Å². The molecule has 5 heterocycles. The SMILES string of the molecule is C=C/C(=C\N=C)c1ccc(-c2cc(Cl)cc(-c3ccc(-c4cccnc4)cc3)n2)cc1.CC1(C)OB(c2ccc(-c3cccnc3)cc2)OC1(C)C.Clc1cc(Br)nc(Br)c1. The van der Waals surface area contributed by atoms with E-state index in [9.17, 15) is 0 Å². The Hall–Kier alpha value is -5.07. The van der Waals surface area contributed by atoms with Crippen molar-refractivity contribution in [1.29, 1.82) is 0 Å². The largest absolute Gasteiger partial charge is 0.494 e. The number of aliphatic imine (C=N–C) groups is 1. The summed E-state index contributed by atoms with van der Waals surface area (Å²) in [6.07, 6.45) is 10.7. The molecule has 4 aromatic heterocycles. The van der Waals surface area contributed by atoms with Gasteiger partial charge in [-0.1, -0.05) is 121 Å². The first-order valence-corrected chi connectivity index (χ1v) is 21.5. The van der Waals surface area contributed by atoms with E-state index in [1.807, 2.05) is 67.0 Å². The second kappa shape index (κ2) is 20.7. The van der Waals surface area contributed by atoms with Gasteiger partial charge in [0.1, 0.15) is 9.21 Å². The van der Waals surface area contributed by atoms with Gasteiger partial charge in [-0.25, -0.2) is 9.97 Å². The third-order valence-electron chi connectivity index (χ3n) is 10.1. The lowest BCUT2D eigenvalue weighted by molar-refractivity contribution is 0.00578. The molecule has 0 saturated carbocycles. The minimum atomic E-state index is -0.307. The lowest BCUT2D eigenvalue weighted by Crippen LogP contribution is -2.41. The van der Waals surface area contributed by atoms with Crippen LogP contribution in [0.25, 0.3) is 50.3 Å². The Kier molecular flexibility index (Phi) is 15.4. The zero-order chi connectivity index (χ0) is 43.6. The third-order valence-corrected chi connectivity index (χ3v) is 11.3. The van der Waals surface area contributed by atoms with Crippen LogP contribution in [0, 0.1) is 0 Å². The summed E-state index contributed by atoms with van der Waals surface area (Å²) in [5.41, 5.74) is 10.4. The molecule has 8 rings (SSSR count). The second-order valence-electron chi connectivity index (χ2n) is 14.8. The van der Waals surface area contributed by atoms with Crippen molar-refractivity contribution >= 4 is 79.9 Å². The van der Waals surface area contributed by atoms with Gasteiger partial charge >= 0.3 is 7.12 Å². The third kappa shape index (κ3) is 12.1. The Labute approximate surface area is 385 Å². The van der Waals surface area contributed by atoms with Crippen LogP contribution in [0.4, 0.5) is 0 Å². The van der Waals surface area contributed by atoms with Gasteiger partial charge in [0.15, 0.2) is 0 Å². The van der Waals surface area contributed by atoms with Gasteiger partial charge in [-0.15, -0.1) is 0 Å². The minimum Gasteiger partial charge on any atom is -0.399 e. The Bertz CT molecular complexity index is 2550. The highest BCUT2D eigenvalue weighted by Gasteiger charge is 2.51. The molecule has 1 aliphatic heterocycles. The van der Waals surface area contributed by atoms with E-state index in [1.54, 1.807) is 36.8 Å². The van der Waals surface area contributed by atoms with Gasteiger partial charge in [-0.2, -0.15) is 0 Å². The zero-order valence-corrected chi connectivity index (χ0v) is 38.8. The summed E-state index contributed by atoms with van der Waals surface area (Å²) in [6, 6.07) is 39.8. The molecule has 0 radical (unpaired) electrons. The summed E-state index contributed by atoms with van der Waals surface area (Å²) in [5, 5.41) is 1.31. The van der Waals surface area contributed by atoms with Crippen LogP contribution < -0.4 is 5.46 Å². The molecule has 0 atom stereocenters. The lowest BCUT2D eigenvalue weighted by atomic mass is 9.78. The molecule has 0 amide bonds. The Morgan fingerprint density at radius 1 is 0.623 bits per heavy atom. The molecule has 3 aromatic carbocycles. The van der Waals surface area contributed by atoms with Crippen LogP contribution >= 0.6 is 55.1 Å². The van der Waals surface area contributed by atoms with E-state index >= 15 is 0 Å². The van der Waals surface area contributed by atoms with Crippen molar-refractivity contribution in [2.75, 3.05) is 0 Å². The Morgan fingerprint density at radius 3 is 1.49 bits per heavy atom. The number of allylic oxidation sites excluding steroid dienone is 2. The van der Waals surface area contributed by atoms with Crippen LogP contribution in [0.15, 0.2) is 179 Å². The molecule has 0 bridgehead atoms.